The van der Waals surface area contributed by atoms with E-state index in [4.69, 9.17) is 0 Å². The van der Waals surface area contributed by atoms with Crippen LogP contribution < -0.4 is 0 Å². The summed E-state index contributed by atoms with van der Waals surface area (Å²) < 4.78 is 13.3. The Labute approximate surface area is 154 Å². The maximum absolute atomic E-state index is 13.3. The van der Waals surface area contributed by atoms with Gasteiger partial charge in [0, 0.05) is 11.1 Å². The lowest BCUT2D eigenvalue weighted by Gasteiger charge is -1.98. The van der Waals surface area contributed by atoms with Crippen LogP contribution in [0.15, 0.2) is 96.8 Å². The molecular formula is C24H17OP. The molecule has 0 heterocycles. The molecule has 0 aliphatic heterocycles. The second kappa shape index (κ2) is 8.73. The summed E-state index contributed by atoms with van der Waals surface area (Å²) in [6, 6.07) is 28.8. The van der Waals surface area contributed by atoms with Gasteiger partial charge in [-0.3, -0.25) is 4.57 Å². The van der Waals surface area contributed by atoms with E-state index < -0.39 is 7.14 Å². The van der Waals surface area contributed by atoms with E-state index >= 15 is 0 Å². The highest BCUT2D eigenvalue weighted by atomic mass is 31.2. The summed E-state index contributed by atoms with van der Waals surface area (Å²) in [5, 5.41) is 0. The molecule has 0 radical (unpaired) electrons. The van der Waals surface area contributed by atoms with Gasteiger partial charge in [-0.25, -0.2) is 0 Å². The molecule has 3 aromatic carbocycles. The van der Waals surface area contributed by atoms with Crippen LogP contribution in [0.4, 0.5) is 0 Å². The molecule has 2 heteroatoms. The van der Waals surface area contributed by atoms with Crippen molar-refractivity contribution in [1.29, 1.82) is 0 Å². The molecule has 0 atom stereocenters. The standard InChI is InChI=1S/C24H17OP/c25-26(19-16-22-10-4-1-5-11-22,20-17-23-12-6-2-7-13-23)21-18-24-14-8-3-9-15-24/h1-16,19H. The van der Waals surface area contributed by atoms with Crippen LogP contribution in [0.1, 0.15) is 16.7 Å². The lowest BCUT2D eigenvalue weighted by molar-refractivity contribution is 0.593. The zero-order valence-electron chi connectivity index (χ0n) is 14.2. The van der Waals surface area contributed by atoms with Crippen LogP contribution >= 0.6 is 7.14 Å². The van der Waals surface area contributed by atoms with Crippen LogP contribution in [0.25, 0.3) is 6.08 Å². The third kappa shape index (κ3) is 5.39. The highest BCUT2D eigenvalue weighted by Gasteiger charge is 2.11. The molecule has 0 aliphatic carbocycles. The molecule has 3 rings (SSSR count). The lowest BCUT2D eigenvalue weighted by atomic mass is 10.2. The van der Waals surface area contributed by atoms with Crippen molar-refractivity contribution >= 4 is 13.2 Å². The fourth-order valence-corrected chi connectivity index (χ4v) is 3.37. The fraction of sp³-hybridized carbons (Fsp3) is 0. The molecular weight excluding hydrogens is 335 g/mol. The molecule has 0 aliphatic rings. The van der Waals surface area contributed by atoms with Gasteiger partial charge in [0.25, 0.3) is 0 Å². The Morgan fingerprint density at radius 3 is 1.50 bits per heavy atom. The first kappa shape index (κ1) is 17.6. The highest BCUT2D eigenvalue weighted by Crippen LogP contribution is 2.45. The third-order valence-electron chi connectivity index (χ3n) is 3.56. The largest absolute Gasteiger partial charge is 0.292 e. The van der Waals surface area contributed by atoms with Gasteiger partial charge in [-0.1, -0.05) is 78.6 Å². The topological polar surface area (TPSA) is 17.1 Å². The number of hydrogen-bond acceptors (Lipinski definition) is 1. The van der Waals surface area contributed by atoms with Crippen molar-refractivity contribution < 1.29 is 4.57 Å². The first-order chi connectivity index (χ1) is 12.7. The molecule has 0 N–H and O–H groups in total. The first-order valence-corrected chi connectivity index (χ1v) is 10.0. The SMILES string of the molecule is O=P(C#Cc1ccccc1)(C#Cc1ccccc1)C=Cc1ccccc1. The molecule has 3 aromatic rings. The fourth-order valence-electron chi connectivity index (χ4n) is 2.20. The van der Waals surface area contributed by atoms with Gasteiger partial charge in [-0.05, 0) is 53.0 Å². The molecule has 124 valence electrons. The second-order valence-corrected chi connectivity index (χ2v) is 7.65. The maximum atomic E-state index is 13.3. The van der Waals surface area contributed by atoms with E-state index in [1.165, 1.54) is 0 Å². The van der Waals surface area contributed by atoms with E-state index in [0.29, 0.717) is 0 Å². The van der Waals surface area contributed by atoms with Crippen molar-refractivity contribution in [2.24, 2.45) is 0 Å². The average Bonchev–Trinajstić information content (AvgIpc) is 2.72. The van der Waals surface area contributed by atoms with Crippen molar-refractivity contribution in [2.75, 3.05) is 0 Å². The van der Waals surface area contributed by atoms with Crippen molar-refractivity contribution in [3.63, 3.8) is 0 Å². The zero-order chi connectivity index (χ0) is 18.1. The molecule has 0 spiro atoms. The molecule has 0 unspecified atom stereocenters. The van der Waals surface area contributed by atoms with Gasteiger partial charge in [-0.15, -0.1) is 0 Å². The third-order valence-corrected chi connectivity index (χ3v) is 5.01. The van der Waals surface area contributed by atoms with Gasteiger partial charge in [0.1, 0.15) is 0 Å². The van der Waals surface area contributed by atoms with Gasteiger partial charge in [0.05, 0.1) is 0 Å². The Morgan fingerprint density at radius 2 is 1.04 bits per heavy atom. The minimum atomic E-state index is -3.12. The van der Waals surface area contributed by atoms with Crippen molar-refractivity contribution in [3.8, 4) is 23.2 Å². The second-order valence-electron chi connectivity index (χ2n) is 5.59. The minimum Gasteiger partial charge on any atom is -0.292 e. The highest BCUT2D eigenvalue weighted by molar-refractivity contribution is 7.76. The van der Waals surface area contributed by atoms with Crippen LogP contribution in [0.3, 0.4) is 0 Å². The molecule has 0 bridgehead atoms. The normalized spacial score (nSPS) is 10.5. The van der Waals surface area contributed by atoms with Crippen LogP contribution in [0.5, 0.6) is 0 Å². The molecule has 0 aromatic heterocycles. The summed E-state index contributed by atoms with van der Waals surface area (Å²) in [6.07, 6.45) is 1.82. The predicted molar refractivity (Wildman–Crippen MR) is 110 cm³/mol. The smallest absolute Gasteiger partial charge is 0.244 e. The van der Waals surface area contributed by atoms with Crippen molar-refractivity contribution in [1.82, 2.24) is 0 Å². The molecule has 0 amide bonds. The number of hydrogen-bond donors (Lipinski definition) is 0. The summed E-state index contributed by atoms with van der Waals surface area (Å²) in [5.41, 5.74) is 8.41. The van der Waals surface area contributed by atoms with Gasteiger partial charge in [-0.2, -0.15) is 0 Å². The van der Waals surface area contributed by atoms with Crippen LogP contribution in [0.2, 0.25) is 0 Å². The Morgan fingerprint density at radius 1 is 0.615 bits per heavy atom. The van der Waals surface area contributed by atoms with E-state index in [0.717, 1.165) is 16.7 Å². The van der Waals surface area contributed by atoms with Gasteiger partial charge >= 0.3 is 0 Å². The maximum Gasteiger partial charge on any atom is 0.244 e. The lowest BCUT2D eigenvalue weighted by Crippen LogP contribution is -1.76. The van der Waals surface area contributed by atoms with E-state index in [1.54, 1.807) is 5.82 Å². The molecule has 0 saturated heterocycles. The predicted octanol–water partition coefficient (Wildman–Crippen LogP) is 6.04. The Balaban J connectivity index is 1.96. The zero-order valence-corrected chi connectivity index (χ0v) is 15.1. The number of benzene rings is 3. The molecule has 26 heavy (non-hydrogen) atoms. The van der Waals surface area contributed by atoms with E-state index in [1.807, 2.05) is 97.1 Å². The monoisotopic (exact) mass is 352 g/mol. The van der Waals surface area contributed by atoms with E-state index in [2.05, 4.69) is 23.2 Å². The minimum absolute atomic E-state index is 0.822. The van der Waals surface area contributed by atoms with Crippen LogP contribution in [-0.2, 0) is 4.57 Å². The Kier molecular flexibility index (Phi) is 5.90. The summed E-state index contributed by atoms with van der Waals surface area (Å²) in [5.74, 6) is 7.61. The summed E-state index contributed by atoms with van der Waals surface area (Å²) in [7, 11) is -3.12. The van der Waals surface area contributed by atoms with Crippen molar-refractivity contribution in [3.05, 3.63) is 114 Å². The van der Waals surface area contributed by atoms with Crippen molar-refractivity contribution in [2.45, 2.75) is 0 Å². The van der Waals surface area contributed by atoms with E-state index in [9.17, 15) is 4.57 Å². The molecule has 0 fully saturated rings. The molecule has 1 nitrogen and oxygen atoms in total. The molecule has 0 saturated carbocycles. The summed E-state index contributed by atoms with van der Waals surface area (Å²) >= 11 is 0. The first-order valence-electron chi connectivity index (χ1n) is 8.24. The van der Waals surface area contributed by atoms with E-state index in [-0.39, 0.29) is 0 Å². The average molecular weight is 352 g/mol. The Bertz CT molecular complexity index is 983. The summed E-state index contributed by atoms with van der Waals surface area (Å²) in [6.45, 7) is 0. The van der Waals surface area contributed by atoms with Crippen LogP contribution in [0, 0.1) is 23.2 Å². The van der Waals surface area contributed by atoms with Gasteiger partial charge in [0.15, 0.2) is 0 Å². The Hall–Kier alpha value is -3.25. The quantitative estimate of drug-likeness (QED) is 0.406. The number of rotatable bonds is 2. The van der Waals surface area contributed by atoms with Gasteiger partial charge < -0.3 is 0 Å². The van der Waals surface area contributed by atoms with Gasteiger partial charge in [0.2, 0.25) is 7.14 Å². The van der Waals surface area contributed by atoms with Crippen LogP contribution in [-0.4, -0.2) is 0 Å². The summed E-state index contributed by atoms with van der Waals surface area (Å²) in [4.78, 5) is 0.